The number of hydrogen-bond donors (Lipinski definition) is 1. The topological polar surface area (TPSA) is 76.1 Å². The molecular formula is C28H39NO5. The molecule has 0 unspecified atom stereocenters. The van der Waals surface area contributed by atoms with Gasteiger partial charge in [-0.15, -0.1) is 0 Å². The van der Waals surface area contributed by atoms with Crippen LogP contribution in [0.3, 0.4) is 0 Å². The first-order chi connectivity index (χ1) is 16.1. The summed E-state index contributed by atoms with van der Waals surface area (Å²) in [6, 6.07) is 8.11. The van der Waals surface area contributed by atoms with Crippen molar-refractivity contribution in [3.8, 4) is 0 Å². The molecule has 2 aliphatic rings. The third kappa shape index (κ3) is 5.72. The van der Waals surface area contributed by atoms with E-state index in [1.807, 2.05) is 30.9 Å². The van der Waals surface area contributed by atoms with Crippen molar-refractivity contribution >= 4 is 11.9 Å². The number of hydrogen-bond acceptors (Lipinski definition) is 5. The molecule has 3 rings (SSSR count). The van der Waals surface area contributed by atoms with Crippen molar-refractivity contribution in [3.05, 3.63) is 53.5 Å². The monoisotopic (exact) mass is 469 g/mol. The molecule has 0 aliphatic heterocycles. The molecule has 186 valence electrons. The smallest absolute Gasteiger partial charge is 0.303 e. The number of carbonyl (C=O) groups excluding carboxylic acids is 2. The molecule has 1 aromatic rings. The van der Waals surface area contributed by atoms with E-state index in [2.05, 4.69) is 38.5 Å². The summed E-state index contributed by atoms with van der Waals surface area (Å²) in [5.41, 5.74) is 1.99. The van der Waals surface area contributed by atoms with Crippen LogP contribution < -0.4 is 0 Å². The zero-order valence-corrected chi connectivity index (χ0v) is 21.3. The van der Waals surface area contributed by atoms with Gasteiger partial charge in [0, 0.05) is 33.0 Å². The van der Waals surface area contributed by atoms with E-state index in [-0.39, 0.29) is 42.2 Å². The normalized spacial score (nSPS) is 29.6. The van der Waals surface area contributed by atoms with Gasteiger partial charge in [-0.1, -0.05) is 44.2 Å². The van der Waals surface area contributed by atoms with Crippen molar-refractivity contribution in [3.63, 3.8) is 0 Å². The van der Waals surface area contributed by atoms with Crippen LogP contribution in [0.15, 0.2) is 35.9 Å². The Labute approximate surface area is 204 Å². The maximum Gasteiger partial charge on any atom is 0.303 e. The number of ether oxygens (including phenoxy) is 2. The fourth-order valence-corrected chi connectivity index (χ4v) is 5.55. The van der Waals surface area contributed by atoms with Crippen LogP contribution in [0.4, 0.5) is 0 Å². The summed E-state index contributed by atoms with van der Waals surface area (Å²) < 4.78 is 10.6. The minimum atomic E-state index is -1.17. The molecule has 1 aromatic carbocycles. The van der Waals surface area contributed by atoms with Crippen molar-refractivity contribution < 1.29 is 24.2 Å². The van der Waals surface area contributed by atoms with Gasteiger partial charge < -0.3 is 19.5 Å². The number of benzene rings is 1. The Morgan fingerprint density at radius 1 is 1.26 bits per heavy atom. The number of esters is 1. The van der Waals surface area contributed by atoms with Gasteiger partial charge in [-0.05, 0) is 61.1 Å². The van der Waals surface area contributed by atoms with E-state index in [1.165, 1.54) is 14.0 Å². The fourth-order valence-electron chi connectivity index (χ4n) is 5.55. The number of amides is 1. The lowest BCUT2D eigenvalue weighted by atomic mass is 9.57. The Morgan fingerprint density at radius 2 is 1.97 bits per heavy atom. The molecule has 6 nitrogen and oxygen atoms in total. The van der Waals surface area contributed by atoms with Crippen molar-refractivity contribution in [1.82, 2.24) is 4.90 Å². The molecule has 0 saturated heterocycles. The highest BCUT2D eigenvalue weighted by Crippen LogP contribution is 2.50. The van der Waals surface area contributed by atoms with Crippen LogP contribution >= 0.6 is 0 Å². The van der Waals surface area contributed by atoms with E-state index in [0.717, 1.165) is 29.5 Å². The van der Waals surface area contributed by atoms with Crippen LogP contribution in [0.2, 0.25) is 0 Å². The Bertz CT molecular complexity index is 912. The number of nitrogens with zero attached hydrogens (tertiary/aromatic N) is 1. The molecule has 1 saturated carbocycles. The largest absolute Gasteiger partial charge is 0.457 e. The van der Waals surface area contributed by atoms with Gasteiger partial charge in [0.25, 0.3) is 0 Å². The molecule has 1 amide bonds. The Hall–Kier alpha value is -2.18. The zero-order valence-electron chi connectivity index (χ0n) is 21.3. The maximum absolute atomic E-state index is 13.0. The Morgan fingerprint density at radius 3 is 2.62 bits per heavy atom. The molecule has 1 N–H and O–H groups in total. The first-order valence-corrected chi connectivity index (χ1v) is 12.2. The van der Waals surface area contributed by atoms with E-state index in [9.17, 15) is 14.7 Å². The van der Waals surface area contributed by atoms with E-state index in [4.69, 9.17) is 9.47 Å². The quantitative estimate of drug-likeness (QED) is 0.461. The summed E-state index contributed by atoms with van der Waals surface area (Å²) in [7, 11) is 1.54. The molecule has 0 heterocycles. The van der Waals surface area contributed by atoms with Crippen molar-refractivity contribution in [2.75, 3.05) is 20.3 Å². The summed E-state index contributed by atoms with van der Waals surface area (Å²) in [5, 5.41) is 11.7. The second kappa shape index (κ2) is 11.0. The van der Waals surface area contributed by atoms with E-state index in [0.29, 0.717) is 13.1 Å². The number of fused-ring (bicyclic) bond motifs is 1. The highest BCUT2D eigenvalue weighted by molar-refractivity contribution is 5.77. The lowest BCUT2D eigenvalue weighted by Gasteiger charge is -2.52. The SMILES string of the molecule is COCC(=O)N(Cc1ccccc1C)C[C@@H](C)[C@@H]1CC[C@@H](C)[C@]2(O)[C][C@@H](OC(C)=O)C(C)=C[C@H]12. The number of rotatable bonds is 8. The van der Waals surface area contributed by atoms with Gasteiger partial charge in [-0.3, -0.25) is 9.59 Å². The van der Waals surface area contributed by atoms with E-state index >= 15 is 0 Å². The van der Waals surface area contributed by atoms with E-state index in [1.54, 1.807) is 0 Å². The van der Waals surface area contributed by atoms with Crippen LogP contribution in [0, 0.1) is 37.0 Å². The van der Waals surface area contributed by atoms with Crippen LogP contribution in [-0.4, -0.2) is 53.8 Å². The molecule has 2 radical (unpaired) electrons. The molecular weight excluding hydrogens is 430 g/mol. The predicted octanol–water partition coefficient (Wildman–Crippen LogP) is 3.97. The summed E-state index contributed by atoms with van der Waals surface area (Å²) in [4.78, 5) is 26.4. The third-order valence-electron chi connectivity index (χ3n) is 7.64. The predicted molar refractivity (Wildman–Crippen MR) is 131 cm³/mol. The van der Waals surface area contributed by atoms with Gasteiger partial charge in [0.1, 0.15) is 12.7 Å². The average Bonchev–Trinajstić information content (AvgIpc) is 2.77. The van der Waals surface area contributed by atoms with Gasteiger partial charge in [-0.25, -0.2) is 0 Å². The van der Waals surface area contributed by atoms with Gasteiger partial charge in [0.05, 0.1) is 12.0 Å². The minimum absolute atomic E-state index is 0.00144. The van der Waals surface area contributed by atoms with Gasteiger partial charge in [-0.2, -0.15) is 0 Å². The summed E-state index contributed by atoms with van der Waals surface area (Å²) >= 11 is 0. The zero-order chi connectivity index (χ0) is 25.0. The highest BCUT2D eigenvalue weighted by Gasteiger charge is 2.53. The summed E-state index contributed by atoms with van der Waals surface area (Å²) in [6.07, 6.45) is 6.48. The molecule has 2 aliphatic carbocycles. The summed E-state index contributed by atoms with van der Waals surface area (Å²) in [5.74, 6) is -0.260. The second-order valence-corrected chi connectivity index (χ2v) is 10.1. The van der Waals surface area contributed by atoms with Crippen LogP contribution in [0.1, 0.15) is 51.7 Å². The van der Waals surface area contributed by atoms with Gasteiger partial charge >= 0.3 is 5.97 Å². The standard InChI is InChI=1S/C28H39NO5/c1-18-9-7-8-10-23(18)16-29(27(31)17-33-6)15-20(3)24-12-11-21(4)28(32)14-26(34-22(5)30)19(2)13-25(24)28/h7-10,13,20-21,24-26,32H,11-12,15-17H2,1-6H3/t20-,21-,24+,25-,26-,28-/m1/s1. The number of carbonyl (C=O) groups is 2. The summed E-state index contributed by atoms with van der Waals surface area (Å²) in [6.45, 7) is 10.7. The molecule has 0 bridgehead atoms. The molecule has 1 fully saturated rings. The first-order valence-electron chi connectivity index (χ1n) is 12.2. The molecule has 6 heteroatoms. The van der Waals surface area contributed by atoms with Gasteiger partial charge in [0.15, 0.2) is 0 Å². The minimum Gasteiger partial charge on any atom is -0.457 e. The van der Waals surface area contributed by atoms with Crippen molar-refractivity contribution in [1.29, 1.82) is 0 Å². The van der Waals surface area contributed by atoms with Crippen LogP contribution in [0.5, 0.6) is 0 Å². The Kier molecular flexibility index (Phi) is 8.58. The average molecular weight is 470 g/mol. The highest BCUT2D eigenvalue weighted by atomic mass is 16.5. The van der Waals surface area contributed by atoms with Gasteiger partial charge in [0.2, 0.25) is 5.91 Å². The molecule has 0 spiro atoms. The molecule has 0 aromatic heterocycles. The van der Waals surface area contributed by atoms with Crippen molar-refractivity contribution in [2.45, 2.75) is 65.7 Å². The van der Waals surface area contributed by atoms with Crippen LogP contribution in [0.25, 0.3) is 0 Å². The van der Waals surface area contributed by atoms with Crippen molar-refractivity contribution in [2.24, 2.45) is 23.7 Å². The Balaban J connectivity index is 1.84. The van der Waals surface area contributed by atoms with E-state index < -0.39 is 11.7 Å². The number of aliphatic hydroxyl groups is 1. The lowest BCUT2D eigenvalue weighted by molar-refractivity contribution is -0.148. The number of methoxy groups -OCH3 is 1. The third-order valence-corrected chi connectivity index (χ3v) is 7.64. The first kappa shape index (κ1) is 26.4. The van der Waals surface area contributed by atoms with Crippen LogP contribution in [-0.2, 0) is 25.6 Å². The molecule has 34 heavy (non-hydrogen) atoms. The maximum atomic E-state index is 13.0. The number of aryl methyl sites for hydroxylation is 1. The fraction of sp³-hybridized carbons (Fsp3) is 0.607. The second-order valence-electron chi connectivity index (χ2n) is 10.1. The lowest BCUT2D eigenvalue weighted by Crippen LogP contribution is -2.56. The molecule has 6 atom stereocenters.